The molecule has 5 nitrogen and oxygen atoms in total. The molecule has 1 aromatic carbocycles. The van der Waals surface area contributed by atoms with Crippen molar-refractivity contribution in [3.05, 3.63) is 28.3 Å². The highest BCUT2D eigenvalue weighted by molar-refractivity contribution is 7.99. The average molecular weight is 253 g/mol. The third-order valence-electron chi connectivity index (χ3n) is 2.62. The normalized spacial score (nSPS) is 16.5. The van der Waals surface area contributed by atoms with Gasteiger partial charge in [-0.3, -0.25) is 10.1 Å². The highest BCUT2D eigenvalue weighted by atomic mass is 32.2. The Morgan fingerprint density at radius 1 is 1.65 bits per heavy atom. The number of non-ortho nitro benzene ring substituents is 1. The molecule has 0 bridgehead atoms. The number of benzene rings is 1. The Bertz CT molecular complexity index is 437. The maximum absolute atomic E-state index is 10.7. The van der Waals surface area contributed by atoms with Crippen molar-refractivity contribution in [3.63, 3.8) is 0 Å². The lowest BCUT2D eigenvalue weighted by Gasteiger charge is -2.31. The van der Waals surface area contributed by atoms with E-state index in [1.807, 2.05) is 13.0 Å². The molecule has 0 radical (unpaired) electrons. The Morgan fingerprint density at radius 3 is 3.06 bits per heavy atom. The quantitative estimate of drug-likeness (QED) is 0.657. The third-order valence-corrected chi connectivity index (χ3v) is 3.65. The Morgan fingerprint density at radius 2 is 2.41 bits per heavy atom. The molecule has 0 aromatic heterocycles. The summed E-state index contributed by atoms with van der Waals surface area (Å²) in [5, 5.41) is 10.7. The van der Waals surface area contributed by atoms with E-state index < -0.39 is 0 Å². The second kappa shape index (κ2) is 4.93. The van der Waals surface area contributed by atoms with E-state index in [-0.39, 0.29) is 16.7 Å². The first-order valence-electron chi connectivity index (χ1n) is 5.49. The Hall–Kier alpha value is -1.27. The fraction of sp³-hybridized carbons (Fsp3) is 0.455. The van der Waals surface area contributed by atoms with E-state index in [1.165, 1.54) is 0 Å². The van der Waals surface area contributed by atoms with Gasteiger partial charge in [0.05, 0.1) is 10.6 Å². The number of rotatable bonds is 3. The molecule has 0 fully saturated rings. The van der Waals surface area contributed by atoms with Gasteiger partial charge in [-0.2, -0.15) is 0 Å². The molecule has 1 atom stereocenters. The SMILES string of the molecule is CC(N)CN1CCSc2cc([N+](=O)[O-])ccc21. The van der Waals surface area contributed by atoms with Gasteiger partial charge in [0.25, 0.3) is 5.69 Å². The van der Waals surface area contributed by atoms with Gasteiger partial charge in [-0.1, -0.05) is 0 Å². The summed E-state index contributed by atoms with van der Waals surface area (Å²) in [6.45, 7) is 3.69. The Kier molecular flexibility index (Phi) is 3.54. The predicted molar refractivity (Wildman–Crippen MR) is 69.7 cm³/mol. The number of thioether (sulfide) groups is 1. The van der Waals surface area contributed by atoms with Gasteiger partial charge in [0.2, 0.25) is 0 Å². The number of fused-ring (bicyclic) bond motifs is 1. The van der Waals surface area contributed by atoms with E-state index >= 15 is 0 Å². The van der Waals surface area contributed by atoms with Gasteiger partial charge in [-0.05, 0) is 13.0 Å². The fourth-order valence-corrected chi connectivity index (χ4v) is 3.00. The molecule has 1 aliphatic heterocycles. The van der Waals surface area contributed by atoms with E-state index in [0.29, 0.717) is 0 Å². The summed E-state index contributed by atoms with van der Waals surface area (Å²) < 4.78 is 0. The number of nitro groups is 1. The van der Waals surface area contributed by atoms with Crippen LogP contribution >= 0.6 is 11.8 Å². The number of nitrogens with zero attached hydrogens (tertiary/aromatic N) is 2. The minimum atomic E-state index is -0.356. The summed E-state index contributed by atoms with van der Waals surface area (Å²) in [6.07, 6.45) is 0. The van der Waals surface area contributed by atoms with Crippen LogP contribution in [0.1, 0.15) is 6.92 Å². The molecule has 6 heteroatoms. The molecule has 1 unspecified atom stereocenters. The Labute approximate surface area is 104 Å². The maximum Gasteiger partial charge on any atom is 0.270 e. The van der Waals surface area contributed by atoms with Crippen LogP contribution in [-0.4, -0.2) is 29.8 Å². The van der Waals surface area contributed by atoms with Gasteiger partial charge >= 0.3 is 0 Å². The van der Waals surface area contributed by atoms with Gasteiger partial charge < -0.3 is 10.6 Å². The molecule has 0 spiro atoms. The molecule has 0 saturated carbocycles. The maximum atomic E-state index is 10.7. The van der Waals surface area contributed by atoms with E-state index in [2.05, 4.69) is 4.90 Å². The molecule has 1 aliphatic rings. The molecule has 17 heavy (non-hydrogen) atoms. The van der Waals surface area contributed by atoms with Gasteiger partial charge in [0.15, 0.2) is 0 Å². The van der Waals surface area contributed by atoms with Crippen molar-refractivity contribution in [2.45, 2.75) is 17.9 Å². The molecule has 0 amide bonds. The molecule has 2 N–H and O–H groups in total. The van der Waals surface area contributed by atoms with Crippen molar-refractivity contribution < 1.29 is 4.92 Å². The van der Waals surface area contributed by atoms with E-state index in [1.54, 1.807) is 23.9 Å². The molecule has 0 aliphatic carbocycles. The third kappa shape index (κ3) is 2.70. The fourth-order valence-electron chi connectivity index (χ4n) is 1.92. The van der Waals surface area contributed by atoms with Crippen LogP contribution in [-0.2, 0) is 0 Å². The molecular formula is C11H15N3O2S. The zero-order chi connectivity index (χ0) is 12.4. The topological polar surface area (TPSA) is 72.4 Å². The first-order chi connectivity index (χ1) is 8.08. The van der Waals surface area contributed by atoms with E-state index in [4.69, 9.17) is 5.73 Å². The highest BCUT2D eigenvalue weighted by Gasteiger charge is 2.20. The average Bonchev–Trinajstić information content (AvgIpc) is 2.28. The van der Waals surface area contributed by atoms with Crippen molar-refractivity contribution in [2.75, 3.05) is 23.7 Å². The zero-order valence-electron chi connectivity index (χ0n) is 9.63. The van der Waals surface area contributed by atoms with Crippen molar-refractivity contribution in [2.24, 2.45) is 5.73 Å². The van der Waals surface area contributed by atoms with Crippen LogP contribution < -0.4 is 10.6 Å². The first-order valence-corrected chi connectivity index (χ1v) is 6.48. The Balaban J connectivity index is 2.30. The molecule has 2 rings (SSSR count). The van der Waals surface area contributed by atoms with Crippen molar-refractivity contribution in [1.82, 2.24) is 0 Å². The first kappa shape index (κ1) is 12.2. The van der Waals surface area contributed by atoms with Crippen LogP contribution in [0.25, 0.3) is 0 Å². The minimum absolute atomic E-state index is 0.0983. The lowest BCUT2D eigenvalue weighted by Crippen LogP contribution is -2.38. The second-order valence-electron chi connectivity index (χ2n) is 4.18. The molecule has 1 heterocycles. The summed E-state index contributed by atoms with van der Waals surface area (Å²) in [5.41, 5.74) is 7.01. The minimum Gasteiger partial charge on any atom is -0.368 e. The van der Waals surface area contributed by atoms with E-state index in [0.717, 1.165) is 29.4 Å². The zero-order valence-corrected chi connectivity index (χ0v) is 10.4. The number of nitro benzene ring substituents is 1. The van der Waals surface area contributed by atoms with Crippen LogP contribution in [0.3, 0.4) is 0 Å². The number of nitrogens with two attached hydrogens (primary N) is 1. The predicted octanol–water partition coefficient (Wildman–Crippen LogP) is 1.85. The van der Waals surface area contributed by atoms with Gasteiger partial charge in [0.1, 0.15) is 0 Å². The summed E-state index contributed by atoms with van der Waals surface area (Å²) in [7, 11) is 0. The van der Waals surface area contributed by atoms with Crippen molar-refractivity contribution in [1.29, 1.82) is 0 Å². The molecule has 1 aromatic rings. The van der Waals surface area contributed by atoms with Crippen molar-refractivity contribution in [3.8, 4) is 0 Å². The standard InChI is InChI=1S/C11H15N3O2S/c1-8(12)7-13-4-5-17-11-6-9(14(15)16)2-3-10(11)13/h2-3,6,8H,4-5,7,12H2,1H3. The second-order valence-corrected chi connectivity index (χ2v) is 5.32. The summed E-state index contributed by atoms with van der Waals surface area (Å²) in [6, 6.07) is 5.12. The van der Waals surface area contributed by atoms with Gasteiger partial charge in [-0.25, -0.2) is 0 Å². The van der Waals surface area contributed by atoms with Gasteiger partial charge in [0, 0.05) is 41.9 Å². The van der Waals surface area contributed by atoms with Crippen LogP contribution in [0, 0.1) is 10.1 Å². The molecular weight excluding hydrogens is 238 g/mol. The lowest BCUT2D eigenvalue weighted by atomic mass is 10.2. The summed E-state index contributed by atoms with van der Waals surface area (Å²) >= 11 is 1.66. The monoisotopic (exact) mass is 253 g/mol. The van der Waals surface area contributed by atoms with Crippen molar-refractivity contribution >= 4 is 23.1 Å². The highest BCUT2D eigenvalue weighted by Crippen LogP contribution is 2.36. The summed E-state index contributed by atoms with van der Waals surface area (Å²) in [4.78, 5) is 13.5. The smallest absolute Gasteiger partial charge is 0.270 e. The van der Waals surface area contributed by atoms with E-state index in [9.17, 15) is 10.1 Å². The number of anilines is 1. The van der Waals surface area contributed by atoms with Crippen LogP contribution in [0.4, 0.5) is 11.4 Å². The largest absolute Gasteiger partial charge is 0.368 e. The summed E-state index contributed by atoms with van der Waals surface area (Å²) in [5.74, 6) is 0.945. The number of hydrogen-bond donors (Lipinski definition) is 1. The van der Waals surface area contributed by atoms with Crippen LogP contribution in [0.2, 0.25) is 0 Å². The molecule has 92 valence electrons. The van der Waals surface area contributed by atoms with Gasteiger partial charge in [-0.15, -0.1) is 11.8 Å². The molecule has 0 saturated heterocycles. The lowest BCUT2D eigenvalue weighted by molar-refractivity contribution is -0.385. The van der Waals surface area contributed by atoms with Crippen LogP contribution in [0.5, 0.6) is 0 Å². The number of hydrogen-bond acceptors (Lipinski definition) is 5. The van der Waals surface area contributed by atoms with Crippen LogP contribution in [0.15, 0.2) is 23.1 Å².